The van der Waals surface area contributed by atoms with Crippen molar-refractivity contribution in [2.75, 3.05) is 21.1 Å². The molecule has 0 heterocycles. The Labute approximate surface area is 136 Å². The Morgan fingerprint density at radius 1 is 1.14 bits per heavy atom. The van der Waals surface area contributed by atoms with Crippen LogP contribution in [0.4, 0.5) is 0 Å². The van der Waals surface area contributed by atoms with E-state index in [-0.39, 0.29) is 0 Å². The number of hydrogen-bond donors (Lipinski definition) is 0. The molecule has 0 fully saturated rings. The number of amidine groups is 1. The number of nitrogens with zero attached hydrogens (tertiary/aromatic N) is 4. The minimum Gasteiger partial charge on any atom is -0.366 e. The second-order valence-electron chi connectivity index (χ2n) is 6.02. The Kier molecular flexibility index (Phi) is 9.15. The van der Waals surface area contributed by atoms with E-state index in [0.717, 1.165) is 29.1 Å². The molecular formula is C18H32N4. The Balaban J connectivity index is 4.87. The monoisotopic (exact) mass is 304 g/mol. The highest BCUT2D eigenvalue weighted by Gasteiger charge is 1.99. The van der Waals surface area contributed by atoms with Crippen molar-refractivity contribution in [3.8, 4) is 0 Å². The molecule has 4 heteroatoms. The van der Waals surface area contributed by atoms with Crippen LogP contribution in [0.15, 0.2) is 46.2 Å². The van der Waals surface area contributed by atoms with E-state index >= 15 is 0 Å². The van der Waals surface area contributed by atoms with E-state index in [4.69, 9.17) is 0 Å². The molecule has 0 aliphatic heterocycles. The molecule has 0 amide bonds. The molecule has 0 unspecified atom stereocenters. The van der Waals surface area contributed by atoms with Gasteiger partial charge in [-0.25, -0.2) is 4.99 Å². The van der Waals surface area contributed by atoms with Crippen molar-refractivity contribution in [2.24, 2.45) is 10.1 Å². The van der Waals surface area contributed by atoms with Gasteiger partial charge in [0.05, 0.1) is 5.71 Å². The van der Waals surface area contributed by atoms with Gasteiger partial charge in [-0.3, -0.25) is 5.01 Å². The van der Waals surface area contributed by atoms with Gasteiger partial charge in [0.1, 0.15) is 5.84 Å². The molecule has 0 aliphatic carbocycles. The summed E-state index contributed by atoms with van der Waals surface area (Å²) in [4.78, 5) is 6.45. The third kappa shape index (κ3) is 8.45. The predicted molar refractivity (Wildman–Crippen MR) is 99.5 cm³/mol. The molecule has 0 aromatic rings. The van der Waals surface area contributed by atoms with E-state index in [1.165, 1.54) is 0 Å². The summed E-state index contributed by atoms with van der Waals surface area (Å²) < 4.78 is 0. The van der Waals surface area contributed by atoms with Crippen molar-refractivity contribution in [3.05, 3.63) is 36.1 Å². The maximum atomic E-state index is 4.50. The van der Waals surface area contributed by atoms with Gasteiger partial charge in [-0.15, -0.1) is 0 Å². The molecule has 0 aromatic heterocycles. The zero-order chi connectivity index (χ0) is 17.3. The van der Waals surface area contributed by atoms with E-state index < -0.39 is 0 Å². The topological polar surface area (TPSA) is 31.2 Å². The van der Waals surface area contributed by atoms with Gasteiger partial charge < -0.3 is 4.90 Å². The van der Waals surface area contributed by atoms with Crippen LogP contribution in [-0.4, -0.2) is 48.6 Å². The lowest BCUT2D eigenvalue weighted by molar-refractivity contribution is 0.289. The van der Waals surface area contributed by atoms with Crippen molar-refractivity contribution >= 4 is 11.5 Å². The summed E-state index contributed by atoms with van der Waals surface area (Å²) in [5, 5.41) is 6.46. The summed E-state index contributed by atoms with van der Waals surface area (Å²) in [7, 11) is 5.95. The molecule has 0 bridgehead atoms. The normalized spacial score (nSPS) is 14.0. The Morgan fingerprint density at radius 2 is 1.73 bits per heavy atom. The van der Waals surface area contributed by atoms with Crippen LogP contribution in [0.3, 0.4) is 0 Å². The summed E-state index contributed by atoms with van der Waals surface area (Å²) in [6.45, 7) is 14.3. The molecule has 0 aliphatic rings. The average Bonchev–Trinajstić information content (AvgIpc) is 2.41. The quantitative estimate of drug-likeness (QED) is 0.307. The fourth-order valence-corrected chi connectivity index (χ4v) is 1.38. The third-order valence-corrected chi connectivity index (χ3v) is 3.36. The molecule has 0 saturated carbocycles. The largest absolute Gasteiger partial charge is 0.366 e. The maximum Gasteiger partial charge on any atom is 0.100 e. The molecule has 124 valence electrons. The maximum absolute atomic E-state index is 4.50. The van der Waals surface area contributed by atoms with Gasteiger partial charge in [0.2, 0.25) is 0 Å². The number of hydrazone groups is 1. The van der Waals surface area contributed by atoms with Crippen LogP contribution in [0.1, 0.15) is 41.0 Å². The van der Waals surface area contributed by atoms with E-state index in [9.17, 15) is 0 Å². The highest BCUT2D eigenvalue weighted by molar-refractivity contribution is 5.92. The van der Waals surface area contributed by atoms with Gasteiger partial charge in [0.25, 0.3) is 0 Å². The summed E-state index contributed by atoms with van der Waals surface area (Å²) in [6, 6.07) is 0.401. The highest BCUT2D eigenvalue weighted by Crippen LogP contribution is 2.13. The van der Waals surface area contributed by atoms with Gasteiger partial charge in [-0.1, -0.05) is 18.2 Å². The third-order valence-electron chi connectivity index (χ3n) is 3.36. The van der Waals surface area contributed by atoms with Gasteiger partial charge in [0.15, 0.2) is 0 Å². The lowest BCUT2D eigenvalue weighted by atomic mass is 10.1. The summed E-state index contributed by atoms with van der Waals surface area (Å²) in [5.41, 5.74) is 3.15. The van der Waals surface area contributed by atoms with Crippen LogP contribution in [0.2, 0.25) is 0 Å². The average molecular weight is 304 g/mol. The van der Waals surface area contributed by atoms with Crippen LogP contribution in [0.5, 0.6) is 0 Å². The molecule has 22 heavy (non-hydrogen) atoms. The smallest absolute Gasteiger partial charge is 0.100 e. The van der Waals surface area contributed by atoms with Gasteiger partial charge in [0, 0.05) is 33.4 Å². The first kappa shape index (κ1) is 20.2. The fourth-order valence-electron chi connectivity index (χ4n) is 1.38. The zero-order valence-corrected chi connectivity index (χ0v) is 15.5. The molecule has 0 rings (SSSR count). The Hall–Kier alpha value is -1.84. The standard InChI is InChI=1S/C18H32N4/c1-14(2)18(13-19-17(6)21(7)8)12-10-11-16(5)20-22(9)15(3)4/h10-11,13,15H,1,12H2,2-9H3/b11-10+,18-13-,19-17+,20-16-. The molecule has 0 aromatic carbocycles. The van der Waals surface area contributed by atoms with Crippen LogP contribution in [0, 0.1) is 0 Å². The van der Waals surface area contributed by atoms with Crippen molar-refractivity contribution in [1.29, 1.82) is 0 Å². The molecular weight excluding hydrogens is 272 g/mol. The summed E-state index contributed by atoms with van der Waals surface area (Å²) in [6.07, 6.45) is 6.85. The molecule has 0 saturated heterocycles. The summed E-state index contributed by atoms with van der Waals surface area (Å²) in [5.74, 6) is 0.971. The zero-order valence-electron chi connectivity index (χ0n) is 15.5. The lowest BCUT2D eigenvalue weighted by Gasteiger charge is -2.17. The van der Waals surface area contributed by atoms with Crippen LogP contribution in [0.25, 0.3) is 0 Å². The number of allylic oxidation sites excluding steroid dienone is 4. The van der Waals surface area contributed by atoms with Crippen LogP contribution >= 0.6 is 0 Å². The van der Waals surface area contributed by atoms with Crippen molar-refractivity contribution < 1.29 is 0 Å². The molecule has 4 nitrogen and oxygen atoms in total. The van der Waals surface area contributed by atoms with Crippen molar-refractivity contribution in [2.45, 2.75) is 47.1 Å². The van der Waals surface area contributed by atoms with Crippen molar-refractivity contribution in [1.82, 2.24) is 9.91 Å². The van der Waals surface area contributed by atoms with Gasteiger partial charge in [-0.2, -0.15) is 5.10 Å². The highest BCUT2D eigenvalue weighted by atomic mass is 15.4. The SMILES string of the molecule is C=C(C)/C(=C\N=C(/C)N(C)C)C/C=C/C(C)=N\N(C)C(C)C. The predicted octanol–water partition coefficient (Wildman–Crippen LogP) is 4.09. The van der Waals surface area contributed by atoms with Gasteiger partial charge in [-0.05, 0) is 52.7 Å². The lowest BCUT2D eigenvalue weighted by Crippen LogP contribution is -2.21. The minimum absolute atomic E-state index is 0.401. The minimum atomic E-state index is 0.401. The molecule has 0 spiro atoms. The number of aliphatic imine (C=N–C) groups is 1. The van der Waals surface area contributed by atoms with E-state index in [1.54, 1.807) is 0 Å². The summed E-state index contributed by atoms with van der Waals surface area (Å²) >= 11 is 0. The number of rotatable bonds is 7. The van der Waals surface area contributed by atoms with Gasteiger partial charge >= 0.3 is 0 Å². The number of hydrogen-bond acceptors (Lipinski definition) is 3. The van der Waals surface area contributed by atoms with E-state index in [0.29, 0.717) is 6.04 Å². The Bertz CT molecular complexity index is 479. The molecule has 0 N–H and O–H groups in total. The van der Waals surface area contributed by atoms with Crippen LogP contribution < -0.4 is 0 Å². The van der Waals surface area contributed by atoms with Crippen molar-refractivity contribution in [3.63, 3.8) is 0 Å². The second-order valence-corrected chi connectivity index (χ2v) is 6.02. The first-order chi connectivity index (χ1) is 10.1. The first-order valence-electron chi connectivity index (χ1n) is 7.66. The molecule has 0 radical (unpaired) electrons. The van der Waals surface area contributed by atoms with E-state index in [1.807, 2.05) is 64.1 Å². The van der Waals surface area contributed by atoms with Crippen LogP contribution in [-0.2, 0) is 0 Å². The van der Waals surface area contributed by atoms with E-state index in [2.05, 4.69) is 36.6 Å². The second kappa shape index (κ2) is 9.98. The Morgan fingerprint density at radius 3 is 2.18 bits per heavy atom. The molecule has 0 atom stereocenters. The first-order valence-corrected chi connectivity index (χ1v) is 7.66. The fraction of sp³-hybridized carbons (Fsp3) is 0.556.